The summed E-state index contributed by atoms with van der Waals surface area (Å²) in [6, 6.07) is 5.44. The second-order valence-corrected chi connectivity index (χ2v) is 4.85. The van der Waals surface area contributed by atoms with Gasteiger partial charge >= 0.3 is 0 Å². The van der Waals surface area contributed by atoms with Gasteiger partial charge in [-0.25, -0.2) is 0 Å². The van der Waals surface area contributed by atoms with Gasteiger partial charge in [-0.3, -0.25) is 0 Å². The fourth-order valence-electron chi connectivity index (χ4n) is 1.61. The Kier molecular flexibility index (Phi) is 4.22. The predicted molar refractivity (Wildman–Crippen MR) is 70.8 cm³/mol. The minimum absolute atomic E-state index is 0.0448. The van der Waals surface area contributed by atoms with Crippen LogP contribution < -0.4 is 5.32 Å². The highest BCUT2D eigenvalue weighted by Gasteiger charge is 2.11. The summed E-state index contributed by atoms with van der Waals surface area (Å²) in [7, 11) is 0. The van der Waals surface area contributed by atoms with Crippen LogP contribution in [0.1, 0.15) is 30.2 Å². The van der Waals surface area contributed by atoms with Gasteiger partial charge in [-0.1, -0.05) is 28.4 Å². The van der Waals surface area contributed by atoms with E-state index < -0.39 is 0 Å². The maximum Gasteiger partial charge on any atom is 0.240 e. The van der Waals surface area contributed by atoms with Gasteiger partial charge in [0.05, 0.1) is 6.54 Å². The molecule has 1 aromatic carbocycles. The number of aromatic nitrogens is 2. The van der Waals surface area contributed by atoms with Crippen LogP contribution in [0.5, 0.6) is 0 Å². The number of hydrogen-bond donors (Lipinski definition) is 1. The Morgan fingerprint density at radius 2 is 2.17 bits per heavy atom. The van der Waals surface area contributed by atoms with Gasteiger partial charge in [0, 0.05) is 16.1 Å². The van der Waals surface area contributed by atoms with Crippen molar-refractivity contribution in [3.63, 3.8) is 0 Å². The molecule has 1 unspecified atom stereocenters. The second kappa shape index (κ2) is 5.69. The summed E-state index contributed by atoms with van der Waals surface area (Å²) in [6.45, 7) is 4.27. The van der Waals surface area contributed by atoms with Crippen LogP contribution in [-0.4, -0.2) is 10.1 Å². The van der Waals surface area contributed by atoms with Crippen LogP contribution in [-0.2, 0) is 6.54 Å². The Hall–Kier alpha value is -1.10. The fraction of sp³-hybridized carbons (Fsp3) is 0.333. The van der Waals surface area contributed by atoms with E-state index in [1.165, 1.54) is 0 Å². The summed E-state index contributed by atoms with van der Waals surface area (Å²) in [5.74, 6) is 1.18. The van der Waals surface area contributed by atoms with E-state index in [0.29, 0.717) is 28.3 Å². The molecule has 6 heteroatoms. The summed E-state index contributed by atoms with van der Waals surface area (Å²) in [4.78, 5) is 4.12. The predicted octanol–water partition coefficient (Wildman–Crippen LogP) is 3.54. The molecule has 0 fully saturated rings. The lowest BCUT2D eigenvalue weighted by Gasteiger charge is -2.14. The maximum atomic E-state index is 6.13. The van der Waals surface area contributed by atoms with E-state index in [9.17, 15) is 0 Å². The fourth-order valence-corrected chi connectivity index (χ4v) is 2.07. The van der Waals surface area contributed by atoms with Crippen LogP contribution >= 0.6 is 23.2 Å². The molecule has 0 aliphatic heterocycles. The number of nitrogens with one attached hydrogen (secondary N) is 1. The van der Waals surface area contributed by atoms with Crippen LogP contribution in [0, 0.1) is 6.92 Å². The number of aryl methyl sites for hydroxylation is 1. The first-order valence-corrected chi connectivity index (χ1v) is 6.29. The molecule has 1 heterocycles. The molecule has 1 N–H and O–H groups in total. The average Bonchev–Trinajstić information content (AvgIpc) is 2.75. The van der Waals surface area contributed by atoms with E-state index in [2.05, 4.69) is 15.5 Å². The average molecular weight is 286 g/mol. The summed E-state index contributed by atoms with van der Waals surface area (Å²) in [5.41, 5.74) is 0.945. The van der Waals surface area contributed by atoms with Gasteiger partial charge in [0.25, 0.3) is 0 Å². The minimum atomic E-state index is 0.0448. The third-order valence-corrected chi connectivity index (χ3v) is 3.13. The van der Waals surface area contributed by atoms with Crippen molar-refractivity contribution in [1.29, 1.82) is 0 Å². The third kappa shape index (κ3) is 3.22. The largest absolute Gasteiger partial charge is 0.338 e. The number of benzene rings is 1. The number of hydrogen-bond acceptors (Lipinski definition) is 4. The van der Waals surface area contributed by atoms with E-state index in [-0.39, 0.29) is 6.04 Å². The first-order valence-electron chi connectivity index (χ1n) is 5.54. The Morgan fingerprint density at radius 1 is 1.39 bits per heavy atom. The molecule has 0 saturated carbocycles. The highest BCUT2D eigenvalue weighted by molar-refractivity contribution is 6.33. The van der Waals surface area contributed by atoms with Crippen molar-refractivity contribution in [2.75, 3.05) is 0 Å². The summed E-state index contributed by atoms with van der Waals surface area (Å²) in [5, 5.41) is 8.33. The van der Waals surface area contributed by atoms with E-state index >= 15 is 0 Å². The van der Waals surface area contributed by atoms with Gasteiger partial charge < -0.3 is 9.84 Å². The molecule has 4 nitrogen and oxygen atoms in total. The molecule has 0 radical (unpaired) electrons. The Balaban J connectivity index is 2.03. The van der Waals surface area contributed by atoms with Crippen LogP contribution in [0.25, 0.3) is 0 Å². The molecule has 0 amide bonds. The van der Waals surface area contributed by atoms with Crippen molar-refractivity contribution in [2.24, 2.45) is 0 Å². The van der Waals surface area contributed by atoms with Gasteiger partial charge in [-0.15, -0.1) is 0 Å². The van der Waals surface area contributed by atoms with E-state index in [1.54, 1.807) is 19.1 Å². The monoisotopic (exact) mass is 285 g/mol. The van der Waals surface area contributed by atoms with Crippen molar-refractivity contribution in [3.05, 3.63) is 45.5 Å². The lowest BCUT2D eigenvalue weighted by molar-refractivity contribution is 0.357. The lowest BCUT2D eigenvalue weighted by Crippen LogP contribution is -2.18. The molecule has 0 aliphatic carbocycles. The molecule has 1 aromatic heterocycles. The molecule has 1 atom stereocenters. The molecule has 0 bridgehead atoms. The number of rotatable bonds is 4. The van der Waals surface area contributed by atoms with Crippen molar-refractivity contribution >= 4 is 23.2 Å². The normalized spacial score (nSPS) is 12.7. The second-order valence-electron chi connectivity index (χ2n) is 4.00. The van der Waals surface area contributed by atoms with Crippen molar-refractivity contribution in [1.82, 2.24) is 15.5 Å². The van der Waals surface area contributed by atoms with Gasteiger partial charge in [-0.05, 0) is 37.6 Å². The Morgan fingerprint density at radius 3 is 2.83 bits per heavy atom. The highest BCUT2D eigenvalue weighted by atomic mass is 35.5. The van der Waals surface area contributed by atoms with Crippen LogP contribution in [0.15, 0.2) is 22.7 Å². The Bertz CT molecular complexity index is 542. The lowest BCUT2D eigenvalue weighted by atomic mass is 10.1. The van der Waals surface area contributed by atoms with Crippen molar-refractivity contribution < 1.29 is 4.52 Å². The standard InChI is InChI=1S/C12H13Cl2N3O/c1-7(10-5-9(13)3-4-11(10)14)15-6-12-16-8(2)17-18-12/h3-5,7,15H,6H2,1-2H3. The zero-order chi connectivity index (χ0) is 13.1. The molecule has 18 heavy (non-hydrogen) atoms. The van der Waals surface area contributed by atoms with Crippen LogP contribution in [0.4, 0.5) is 0 Å². The number of nitrogens with zero attached hydrogens (tertiary/aromatic N) is 2. The quantitative estimate of drug-likeness (QED) is 0.934. The van der Waals surface area contributed by atoms with Gasteiger partial charge in [-0.2, -0.15) is 4.98 Å². The molecular formula is C12H13Cl2N3O. The third-order valence-electron chi connectivity index (χ3n) is 2.55. The SMILES string of the molecule is Cc1noc(CNC(C)c2cc(Cl)ccc2Cl)n1. The minimum Gasteiger partial charge on any atom is -0.338 e. The highest BCUT2D eigenvalue weighted by Crippen LogP contribution is 2.26. The summed E-state index contributed by atoms with van der Waals surface area (Å²) in [6.07, 6.45) is 0. The smallest absolute Gasteiger partial charge is 0.240 e. The van der Waals surface area contributed by atoms with E-state index in [1.807, 2.05) is 13.0 Å². The van der Waals surface area contributed by atoms with Gasteiger partial charge in [0.1, 0.15) is 0 Å². The van der Waals surface area contributed by atoms with Crippen molar-refractivity contribution in [3.8, 4) is 0 Å². The molecule has 2 aromatic rings. The Labute approximate surface area is 115 Å². The number of halogens is 2. The van der Waals surface area contributed by atoms with Crippen LogP contribution in [0.3, 0.4) is 0 Å². The summed E-state index contributed by atoms with van der Waals surface area (Å²) < 4.78 is 5.02. The topological polar surface area (TPSA) is 51.0 Å². The van der Waals surface area contributed by atoms with E-state index in [4.69, 9.17) is 27.7 Å². The van der Waals surface area contributed by atoms with Gasteiger partial charge in [0.2, 0.25) is 5.89 Å². The zero-order valence-corrected chi connectivity index (χ0v) is 11.6. The first-order chi connectivity index (χ1) is 8.56. The maximum absolute atomic E-state index is 6.13. The zero-order valence-electron chi connectivity index (χ0n) is 10.1. The first kappa shape index (κ1) is 13.3. The molecule has 96 valence electrons. The molecule has 2 rings (SSSR count). The molecule has 0 saturated heterocycles. The van der Waals surface area contributed by atoms with E-state index in [0.717, 1.165) is 5.56 Å². The summed E-state index contributed by atoms with van der Waals surface area (Å²) >= 11 is 12.1. The van der Waals surface area contributed by atoms with Gasteiger partial charge in [0.15, 0.2) is 5.82 Å². The van der Waals surface area contributed by atoms with Crippen molar-refractivity contribution in [2.45, 2.75) is 26.4 Å². The molecule has 0 spiro atoms. The molecule has 0 aliphatic rings. The molecular weight excluding hydrogens is 273 g/mol. The van der Waals surface area contributed by atoms with Crippen LogP contribution in [0.2, 0.25) is 10.0 Å².